The van der Waals surface area contributed by atoms with E-state index >= 15 is 0 Å². The lowest BCUT2D eigenvalue weighted by molar-refractivity contribution is 0.0948. The molecule has 0 spiro atoms. The Labute approximate surface area is 141 Å². The van der Waals surface area contributed by atoms with Crippen LogP contribution in [-0.4, -0.2) is 36.1 Å². The highest BCUT2D eigenvalue weighted by molar-refractivity contribution is 14.1. The van der Waals surface area contributed by atoms with Crippen molar-refractivity contribution in [1.29, 1.82) is 0 Å². The summed E-state index contributed by atoms with van der Waals surface area (Å²) >= 11 is 2.05. The van der Waals surface area contributed by atoms with E-state index in [0.29, 0.717) is 17.2 Å². The summed E-state index contributed by atoms with van der Waals surface area (Å²) < 4.78 is 12.7. The molecule has 2 rings (SSSR count). The van der Waals surface area contributed by atoms with E-state index in [-0.39, 0.29) is 5.91 Å². The minimum absolute atomic E-state index is 0.335. The molecule has 22 heavy (non-hydrogen) atoms. The standard InChI is InChI=1S/C14H15IN4O3/c1-19-8-11(15)13(18-19)14(20)17-16-7-9-4-5-10(21-2)6-12(9)22-3/h4-8H,1-3H3,(H,17,20). The van der Waals surface area contributed by atoms with Crippen LogP contribution in [0.5, 0.6) is 11.5 Å². The van der Waals surface area contributed by atoms with Crippen LogP contribution in [0.2, 0.25) is 0 Å². The second-order valence-electron chi connectivity index (χ2n) is 4.31. The van der Waals surface area contributed by atoms with Gasteiger partial charge >= 0.3 is 0 Å². The molecule has 0 saturated carbocycles. The van der Waals surface area contributed by atoms with E-state index in [9.17, 15) is 4.79 Å². The minimum atomic E-state index is -0.367. The lowest BCUT2D eigenvalue weighted by Gasteiger charge is -2.06. The largest absolute Gasteiger partial charge is 0.497 e. The molecule has 1 heterocycles. The lowest BCUT2D eigenvalue weighted by atomic mass is 10.2. The van der Waals surface area contributed by atoms with Crippen molar-refractivity contribution in [3.05, 3.63) is 39.2 Å². The van der Waals surface area contributed by atoms with Gasteiger partial charge in [0.25, 0.3) is 5.91 Å². The zero-order valence-corrected chi connectivity index (χ0v) is 14.5. The number of ether oxygens (including phenoxy) is 2. The molecule has 1 aromatic carbocycles. The van der Waals surface area contributed by atoms with Gasteiger partial charge in [0.05, 0.1) is 24.0 Å². The summed E-state index contributed by atoms with van der Waals surface area (Å²) in [5, 5.41) is 8.01. The molecule has 0 radical (unpaired) electrons. The number of hydrogen-bond acceptors (Lipinski definition) is 5. The number of halogens is 1. The van der Waals surface area contributed by atoms with Gasteiger partial charge in [-0.1, -0.05) is 0 Å². The van der Waals surface area contributed by atoms with E-state index in [1.807, 2.05) is 22.6 Å². The first kappa shape index (κ1) is 16.3. The number of hydrogen-bond donors (Lipinski definition) is 1. The Kier molecular flexibility index (Phi) is 5.36. The third kappa shape index (κ3) is 3.75. The molecule has 7 nitrogen and oxygen atoms in total. The highest BCUT2D eigenvalue weighted by Crippen LogP contribution is 2.23. The van der Waals surface area contributed by atoms with Crippen molar-refractivity contribution in [3.63, 3.8) is 0 Å². The molecule has 2 aromatic rings. The number of hydrazone groups is 1. The molecular formula is C14H15IN4O3. The van der Waals surface area contributed by atoms with Crippen LogP contribution in [0.1, 0.15) is 16.1 Å². The van der Waals surface area contributed by atoms with Gasteiger partial charge in [-0.2, -0.15) is 10.2 Å². The molecule has 0 unspecified atom stereocenters. The molecule has 0 aliphatic heterocycles. The van der Waals surface area contributed by atoms with Gasteiger partial charge in [-0.05, 0) is 34.7 Å². The van der Waals surface area contributed by atoms with Crippen LogP contribution in [0.3, 0.4) is 0 Å². The van der Waals surface area contributed by atoms with Gasteiger partial charge in [0.15, 0.2) is 5.69 Å². The molecule has 1 N–H and O–H groups in total. The SMILES string of the molecule is COc1ccc(C=NNC(=O)c2nn(C)cc2I)c(OC)c1. The maximum atomic E-state index is 12.0. The summed E-state index contributed by atoms with van der Waals surface area (Å²) in [4.78, 5) is 12.0. The van der Waals surface area contributed by atoms with Gasteiger partial charge < -0.3 is 9.47 Å². The maximum absolute atomic E-state index is 12.0. The second-order valence-corrected chi connectivity index (χ2v) is 5.47. The quantitative estimate of drug-likeness (QED) is 0.460. The topological polar surface area (TPSA) is 77.7 Å². The van der Waals surface area contributed by atoms with Gasteiger partial charge in [-0.15, -0.1) is 0 Å². The zero-order valence-electron chi connectivity index (χ0n) is 12.3. The van der Waals surface area contributed by atoms with Gasteiger partial charge in [0.2, 0.25) is 0 Å². The molecule has 0 bridgehead atoms. The van der Waals surface area contributed by atoms with E-state index in [4.69, 9.17) is 9.47 Å². The molecule has 0 aliphatic carbocycles. The molecule has 0 atom stereocenters. The first-order valence-electron chi connectivity index (χ1n) is 6.29. The highest BCUT2D eigenvalue weighted by atomic mass is 127. The number of aromatic nitrogens is 2. The van der Waals surface area contributed by atoms with Crippen molar-refractivity contribution in [2.45, 2.75) is 0 Å². The number of aryl methyl sites for hydroxylation is 1. The van der Waals surface area contributed by atoms with Crippen LogP contribution in [0, 0.1) is 3.57 Å². The summed E-state index contributed by atoms with van der Waals surface area (Å²) in [7, 11) is 4.89. The third-order valence-electron chi connectivity index (χ3n) is 2.81. The average molecular weight is 414 g/mol. The summed E-state index contributed by atoms with van der Waals surface area (Å²) in [6.45, 7) is 0. The first-order valence-corrected chi connectivity index (χ1v) is 7.37. The number of methoxy groups -OCH3 is 2. The Morgan fingerprint density at radius 1 is 1.41 bits per heavy atom. The van der Waals surface area contributed by atoms with E-state index < -0.39 is 0 Å². The average Bonchev–Trinajstić information content (AvgIpc) is 2.86. The summed E-state index contributed by atoms with van der Waals surface area (Å²) in [6.07, 6.45) is 3.26. The van der Waals surface area contributed by atoms with Gasteiger partial charge in [-0.25, -0.2) is 5.43 Å². The number of carbonyl (C=O) groups is 1. The number of rotatable bonds is 5. The van der Waals surface area contributed by atoms with Crippen molar-refractivity contribution in [3.8, 4) is 11.5 Å². The van der Waals surface area contributed by atoms with E-state index in [0.717, 1.165) is 9.13 Å². The third-order valence-corrected chi connectivity index (χ3v) is 3.60. The molecule has 0 aliphatic rings. The predicted octanol–water partition coefficient (Wildman–Crippen LogP) is 1.81. The fraction of sp³-hybridized carbons (Fsp3) is 0.214. The molecular weight excluding hydrogens is 399 g/mol. The monoisotopic (exact) mass is 414 g/mol. The number of benzene rings is 1. The van der Waals surface area contributed by atoms with Crippen molar-refractivity contribution in [1.82, 2.24) is 15.2 Å². The molecule has 1 amide bonds. The molecule has 0 saturated heterocycles. The lowest BCUT2D eigenvalue weighted by Crippen LogP contribution is -2.19. The van der Waals surface area contributed by atoms with E-state index in [1.165, 1.54) is 6.21 Å². The van der Waals surface area contributed by atoms with Gasteiger partial charge in [-0.3, -0.25) is 9.48 Å². The number of nitrogens with one attached hydrogen (secondary N) is 1. The summed E-state index contributed by atoms with van der Waals surface area (Å²) in [6, 6.07) is 5.32. The number of nitrogens with zero attached hydrogens (tertiary/aromatic N) is 3. The summed E-state index contributed by atoms with van der Waals surface area (Å²) in [5.74, 6) is 0.916. The van der Waals surface area contributed by atoms with Crippen molar-refractivity contribution < 1.29 is 14.3 Å². The van der Waals surface area contributed by atoms with Crippen LogP contribution in [-0.2, 0) is 7.05 Å². The Morgan fingerprint density at radius 2 is 2.18 bits per heavy atom. The van der Waals surface area contributed by atoms with Gasteiger partial charge in [0.1, 0.15) is 11.5 Å². The van der Waals surface area contributed by atoms with Gasteiger partial charge in [0, 0.05) is 24.9 Å². The number of carbonyl (C=O) groups excluding carboxylic acids is 1. The van der Waals surface area contributed by atoms with Crippen LogP contribution in [0.4, 0.5) is 0 Å². The van der Waals surface area contributed by atoms with Crippen molar-refractivity contribution in [2.75, 3.05) is 14.2 Å². The zero-order chi connectivity index (χ0) is 16.1. The molecule has 8 heteroatoms. The second kappa shape index (κ2) is 7.25. The smallest absolute Gasteiger partial charge is 0.292 e. The predicted molar refractivity (Wildman–Crippen MR) is 90.5 cm³/mol. The summed E-state index contributed by atoms with van der Waals surface area (Å²) in [5.41, 5.74) is 3.50. The van der Waals surface area contributed by atoms with Crippen LogP contribution in [0.25, 0.3) is 0 Å². The fourth-order valence-electron chi connectivity index (χ4n) is 1.75. The maximum Gasteiger partial charge on any atom is 0.292 e. The Balaban J connectivity index is 2.09. The van der Waals surface area contributed by atoms with Crippen molar-refractivity contribution in [2.24, 2.45) is 12.1 Å². The normalized spacial score (nSPS) is 10.7. The van der Waals surface area contributed by atoms with Crippen LogP contribution in [0.15, 0.2) is 29.5 Å². The Morgan fingerprint density at radius 3 is 2.77 bits per heavy atom. The Bertz CT molecular complexity index is 712. The van der Waals surface area contributed by atoms with E-state index in [1.54, 1.807) is 50.3 Å². The van der Waals surface area contributed by atoms with Crippen LogP contribution < -0.4 is 14.9 Å². The van der Waals surface area contributed by atoms with Crippen LogP contribution >= 0.6 is 22.6 Å². The molecule has 1 aromatic heterocycles. The highest BCUT2D eigenvalue weighted by Gasteiger charge is 2.13. The first-order chi connectivity index (χ1) is 10.5. The molecule has 116 valence electrons. The minimum Gasteiger partial charge on any atom is -0.497 e. The van der Waals surface area contributed by atoms with Crippen molar-refractivity contribution >= 4 is 34.7 Å². The Hall–Kier alpha value is -2.10. The number of amides is 1. The molecule has 0 fully saturated rings. The fourth-order valence-corrected chi connectivity index (χ4v) is 2.51. The van der Waals surface area contributed by atoms with E-state index in [2.05, 4.69) is 15.6 Å².